The van der Waals surface area contributed by atoms with Gasteiger partial charge in [0, 0.05) is 17.7 Å². The van der Waals surface area contributed by atoms with Crippen LogP contribution in [0.4, 0.5) is 0 Å². The quantitative estimate of drug-likeness (QED) is 0.653. The van der Waals surface area contributed by atoms with Crippen molar-refractivity contribution in [3.63, 3.8) is 0 Å². The second kappa shape index (κ2) is 5.69. The Bertz CT molecular complexity index is 733. The SMILES string of the molecule is CC1(O)NC([S-])=C(C#N)C(c2ccsc2)C1[n+]1ccccc1. The fourth-order valence-corrected chi connectivity index (χ4v) is 4.05. The van der Waals surface area contributed by atoms with E-state index in [-0.39, 0.29) is 12.0 Å². The van der Waals surface area contributed by atoms with Crippen LogP contribution in [0.2, 0.25) is 0 Å². The molecule has 0 saturated carbocycles. The number of pyridine rings is 1. The molecule has 0 radical (unpaired) electrons. The number of allylic oxidation sites excluding steroid dienone is 1. The zero-order chi connectivity index (χ0) is 15.7. The van der Waals surface area contributed by atoms with Crippen molar-refractivity contribution in [3.05, 3.63) is 63.6 Å². The maximum absolute atomic E-state index is 10.9. The summed E-state index contributed by atoms with van der Waals surface area (Å²) in [6.07, 6.45) is 3.78. The third-order valence-corrected chi connectivity index (χ3v) is 4.92. The molecule has 2 aromatic heterocycles. The van der Waals surface area contributed by atoms with Crippen LogP contribution >= 0.6 is 11.3 Å². The van der Waals surface area contributed by atoms with Gasteiger partial charge < -0.3 is 23.1 Å². The van der Waals surface area contributed by atoms with Crippen molar-refractivity contribution >= 4 is 24.0 Å². The molecule has 112 valence electrons. The van der Waals surface area contributed by atoms with E-state index in [1.807, 2.05) is 52.0 Å². The molecule has 0 amide bonds. The summed E-state index contributed by atoms with van der Waals surface area (Å²) in [5.41, 5.74) is 0.226. The van der Waals surface area contributed by atoms with E-state index in [1.54, 1.807) is 18.3 Å². The van der Waals surface area contributed by atoms with Gasteiger partial charge in [0.15, 0.2) is 18.1 Å². The van der Waals surface area contributed by atoms with E-state index in [9.17, 15) is 10.4 Å². The van der Waals surface area contributed by atoms with Crippen molar-refractivity contribution in [3.8, 4) is 6.07 Å². The second-order valence-corrected chi connectivity index (χ2v) is 6.62. The first-order chi connectivity index (χ1) is 10.5. The zero-order valence-corrected chi connectivity index (χ0v) is 13.6. The van der Waals surface area contributed by atoms with E-state index in [4.69, 9.17) is 12.6 Å². The Morgan fingerprint density at radius 3 is 2.73 bits per heavy atom. The van der Waals surface area contributed by atoms with Gasteiger partial charge >= 0.3 is 0 Å². The molecule has 1 aliphatic heterocycles. The van der Waals surface area contributed by atoms with Gasteiger partial charge in [-0.15, -0.1) is 0 Å². The minimum absolute atomic E-state index is 0.285. The number of thiophene rings is 1. The molecule has 0 fully saturated rings. The fourth-order valence-electron chi connectivity index (χ4n) is 2.98. The van der Waals surface area contributed by atoms with Gasteiger partial charge in [-0.25, -0.2) is 0 Å². The van der Waals surface area contributed by atoms with E-state index in [2.05, 4.69) is 11.4 Å². The first-order valence-corrected chi connectivity index (χ1v) is 8.19. The molecule has 0 saturated heterocycles. The largest absolute Gasteiger partial charge is 0.762 e. The first-order valence-electron chi connectivity index (χ1n) is 6.84. The number of aromatic nitrogens is 1. The number of nitrogens with zero attached hydrogens (tertiary/aromatic N) is 2. The highest BCUT2D eigenvalue weighted by molar-refractivity contribution is 7.63. The summed E-state index contributed by atoms with van der Waals surface area (Å²) in [4.78, 5) is 0. The van der Waals surface area contributed by atoms with Gasteiger partial charge in [0.1, 0.15) is 0 Å². The van der Waals surface area contributed by atoms with Crippen LogP contribution < -0.4 is 9.88 Å². The van der Waals surface area contributed by atoms with Crippen molar-refractivity contribution in [2.45, 2.75) is 24.6 Å². The summed E-state index contributed by atoms with van der Waals surface area (Å²) in [5.74, 6) is -0.285. The molecule has 0 bridgehead atoms. The molecule has 3 heterocycles. The molecule has 22 heavy (non-hydrogen) atoms. The molecule has 3 unspecified atom stereocenters. The lowest BCUT2D eigenvalue weighted by Crippen LogP contribution is -2.62. The van der Waals surface area contributed by atoms with E-state index >= 15 is 0 Å². The van der Waals surface area contributed by atoms with Crippen LogP contribution in [-0.4, -0.2) is 10.8 Å². The van der Waals surface area contributed by atoms with Crippen LogP contribution in [-0.2, 0) is 12.6 Å². The molecule has 3 rings (SSSR count). The highest BCUT2D eigenvalue weighted by Crippen LogP contribution is 2.42. The molecule has 4 nitrogen and oxygen atoms in total. The van der Waals surface area contributed by atoms with Crippen molar-refractivity contribution < 1.29 is 9.67 Å². The number of hydrogen-bond donors (Lipinski definition) is 2. The summed E-state index contributed by atoms with van der Waals surface area (Å²) in [5, 5.41) is 27.7. The van der Waals surface area contributed by atoms with Gasteiger partial charge in [-0.3, -0.25) is 0 Å². The van der Waals surface area contributed by atoms with Gasteiger partial charge in [-0.1, -0.05) is 11.1 Å². The van der Waals surface area contributed by atoms with Crippen LogP contribution in [0.25, 0.3) is 0 Å². The number of rotatable bonds is 2. The normalized spacial score (nSPS) is 28.0. The predicted octanol–water partition coefficient (Wildman–Crippen LogP) is 1.95. The van der Waals surface area contributed by atoms with Crippen LogP contribution in [0, 0.1) is 11.3 Å². The van der Waals surface area contributed by atoms with Crippen LogP contribution in [0.5, 0.6) is 0 Å². The lowest BCUT2D eigenvalue weighted by atomic mass is 9.79. The summed E-state index contributed by atoms with van der Waals surface area (Å²) >= 11 is 6.86. The maximum Gasteiger partial charge on any atom is 0.216 e. The third kappa shape index (κ3) is 2.48. The van der Waals surface area contributed by atoms with Crippen molar-refractivity contribution in [1.29, 1.82) is 5.26 Å². The number of aliphatic hydroxyl groups is 1. The molecule has 0 aromatic carbocycles. The van der Waals surface area contributed by atoms with E-state index < -0.39 is 5.72 Å². The minimum Gasteiger partial charge on any atom is -0.762 e. The van der Waals surface area contributed by atoms with Gasteiger partial charge in [-0.05, 0) is 29.3 Å². The van der Waals surface area contributed by atoms with Gasteiger partial charge in [0.2, 0.25) is 6.04 Å². The number of nitriles is 1. The van der Waals surface area contributed by atoms with Gasteiger partial charge in [-0.2, -0.15) is 21.2 Å². The van der Waals surface area contributed by atoms with Crippen LogP contribution in [0.3, 0.4) is 0 Å². The monoisotopic (exact) mass is 329 g/mol. The van der Waals surface area contributed by atoms with Gasteiger partial charge in [0.25, 0.3) is 0 Å². The fraction of sp³-hybridized carbons (Fsp3) is 0.250. The Morgan fingerprint density at radius 1 is 1.41 bits per heavy atom. The lowest BCUT2D eigenvalue weighted by molar-refractivity contribution is -0.741. The lowest BCUT2D eigenvalue weighted by Gasteiger charge is -2.43. The Kier molecular flexibility index (Phi) is 3.87. The molecule has 2 aromatic rings. The number of hydrogen-bond acceptors (Lipinski definition) is 5. The van der Waals surface area contributed by atoms with Crippen LogP contribution in [0.15, 0.2) is 58.0 Å². The minimum atomic E-state index is -1.25. The van der Waals surface area contributed by atoms with Crippen LogP contribution in [0.1, 0.15) is 24.4 Å². The molecule has 0 spiro atoms. The second-order valence-electron chi connectivity index (χ2n) is 5.43. The third-order valence-electron chi connectivity index (χ3n) is 3.90. The summed E-state index contributed by atoms with van der Waals surface area (Å²) in [6.45, 7) is 1.69. The van der Waals surface area contributed by atoms with Gasteiger partial charge in [0.05, 0.1) is 12.0 Å². The molecule has 0 aliphatic carbocycles. The molecule has 1 aliphatic rings. The Morgan fingerprint density at radius 2 is 2.14 bits per heavy atom. The molecular weight excluding hydrogens is 314 g/mol. The highest BCUT2D eigenvalue weighted by atomic mass is 32.1. The predicted molar refractivity (Wildman–Crippen MR) is 86.5 cm³/mol. The van der Waals surface area contributed by atoms with E-state index in [0.717, 1.165) is 5.56 Å². The summed E-state index contributed by atoms with van der Waals surface area (Å²) in [7, 11) is 0. The molecule has 6 heteroatoms. The van der Waals surface area contributed by atoms with Crippen molar-refractivity contribution in [2.75, 3.05) is 0 Å². The topological polar surface area (TPSA) is 59.9 Å². The van der Waals surface area contributed by atoms with E-state index in [0.29, 0.717) is 10.6 Å². The van der Waals surface area contributed by atoms with Crippen molar-refractivity contribution in [2.24, 2.45) is 0 Å². The molecular formula is C16H15N3OS2. The average molecular weight is 329 g/mol. The van der Waals surface area contributed by atoms with Crippen molar-refractivity contribution in [1.82, 2.24) is 5.32 Å². The highest BCUT2D eigenvalue weighted by Gasteiger charge is 2.50. The standard InChI is InChI=1S/C16H15N3OS2/c1-16(20)14(19-6-3-2-4-7-19)13(11-5-8-22-10-11)12(9-17)15(21)18-16/h2-8,10,13-14,18,20H,1H3. The molecule has 3 atom stereocenters. The first kappa shape index (κ1) is 15.0. The Labute approximate surface area is 138 Å². The Hall–Kier alpha value is -1.94. The zero-order valence-electron chi connectivity index (χ0n) is 11.9. The molecule has 2 N–H and O–H groups in total. The maximum atomic E-state index is 10.9. The average Bonchev–Trinajstić information content (AvgIpc) is 3.00. The van der Waals surface area contributed by atoms with E-state index in [1.165, 1.54) is 0 Å². The summed E-state index contributed by atoms with van der Waals surface area (Å²) < 4.78 is 1.93. The Balaban J connectivity index is 2.21. The summed E-state index contributed by atoms with van der Waals surface area (Å²) in [6, 6.07) is 9.55. The number of nitrogens with one attached hydrogen (secondary N) is 1. The smallest absolute Gasteiger partial charge is 0.216 e.